The van der Waals surface area contributed by atoms with Gasteiger partial charge in [0.1, 0.15) is 6.10 Å². The molecule has 0 bridgehead atoms. The van der Waals surface area contributed by atoms with Crippen LogP contribution >= 0.6 is 0 Å². The maximum absolute atomic E-state index is 6.03. The minimum absolute atomic E-state index is 0.158. The van der Waals surface area contributed by atoms with Crippen LogP contribution in [0.1, 0.15) is 12.0 Å². The van der Waals surface area contributed by atoms with Gasteiger partial charge in [0.25, 0.3) is 0 Å². The number of nitrogens with zero attached hydrogens (tertiary/aromatic N) is 4. The molecule has 1 atom stereocenters. The summed E-state index contributed by atoms with van der Waals surface area (Å²) < 4.78 is 7.97. The van der Waals surface area contributed by atoms with Gasteiger partial charge in [0.15, 0.2) is 0 Å². The van der Waals surface area contributed by atoms with Crippen LogP contribution in [-0.4, -0.2) is 39.4 Å². The monoisotopic (exact) mass is 258 g/mol. The molecule has 3 rings (SSSR count). The van der Waals surface area contributed by atoms with E-state index >= 15 is 0 Å². The van der Waals surface area contributed by atoms with Gasteiger partial charge >= 0.3 is 0 Å². The van der Waals surface area contributed by atoms with Gasteiger partial charge in [-0.25, -0.2) is 4.98 Å². The molecule has 100 valence electrons. The van der Waals surface area contributed by atoms with Crippen molar-refractivity contribution in [3.8, 4) is 5.88 Å². The molecule has 1 aliphatic rings. The number of pyridine rings is 1. The first-order chi connectivity index (χ1) is 9.31. The van der Waals surface area contributed by atoms with Gasteiger partial charge in [0.2, 0.25) is 5.88 Å². The van der Waals surface area contributed by atoms with Gasteiger partial charge in [0.05, 0.1) is 0 Å². The van der Waals surface area contributed by atoms with Crippen molar-refractivity contribution in [1.29, 1.82) is 0 Å². The number of fused-ring (bicyclic) bond motifs is 1. The van der Waals surface area contributed by atoms with Gasteiger partial charge in [-0.15, -0.1) is 0 Å². The molecule has 0 saturated carbocycles. The largest absolute Gasteiger partial charge is 0.473 e. The summed E-state index contributed by atoms with van der Waals surface area (Å²) in [5.74, 6) is 0.775. The fourth-order valence-electron chi connectivity index (χ4n) is 2.41. The molecule has 0 radical (unpaired) electrons. The predicted molar refractivity (Wildman–Crippen MR) is 71.8 cm³/mol. The molecule has 0 aromatic carbocycles. The van der Waals surface area contributed by atoms with E-state index in [1.54, 1.807) is 12.4 Å². The molecule has 3 heterocycles. The number of hydrogen-bond donors (Lipinski definition) is 0. The van der Waals surface area contributed by atoms with Crippen molar-refractivity contribution < 1.29 is 4.74 Å². The Morgan fingerprint density at radius 2 is 2.32 bits per heavy atom. The van der Waals surface area contributed by atoms with Crippen molar-refractivity contribution in [2.24, 2.45) is 0 Å². The Kier molecular flexibility index (Phi) is 3.46. The van der Waals surface area contributed by atoms with Crippen molar-refractivity contribution in [3.63, 3.8) is 0 Å². The first-order valence-electron chi connectivity index (χ1n) is 6.58. The second-order valence-electron chi connectivity index (χ2n) is 4.96. The summed E-state index contributed by atoms with van der Waals surface area (Å²) in [6, 6.07) is 5.98. The molecule has 5 nitrogen and oxygen atoms in total. The smallest absolute Gasteiger partial charge is 0.218 e. The number of hydrogen-bond acceptors (Lipinski definition) is 4. The Hall–Kier alpha value is -1.88. The maximum atomic E-state index is 6.03. The molecule has 0 spiro atoms. The lowest BCUT2D eigenvalue weighted by atomic mass is 10.2. The van der Waals surface area contributed by atoms with E-state index < -0.39 is 0 Å². The van der Waals surface area contributed by atoms with Crippen LogP contribution in [0.25, 0.3) is 0 Å². The van der Waals surface area contributed by atoms with Crippen molar-refractivity contribution in [2.45, 2.75) is 25.6 Å². The van der Waals surface area contributed by atoms with Crippen molar-refractivity contribution in [2.75, 3.05) is 13.6 Å². The third kappa shape index (κ3) is 2.93. The molecule has 19 heavy (non-hydrogen) atoms. The average molecular weight is 258 g/mol. The van der Waals surface area contributed by atoms with E-state index in [2.05, 4.69) is 28.1 Å². The minimum atomic E-state index is 0.158. The molecule has 0 amide bonds. The van der Waals surface area contributed by atoms with Crippen molar-refractivity contribution in [1.82, 2.24) is 19.7 Å². The normalized spacial score (nSPS) is 19.5. The Morgan fingerprint density at radius 1 is 1.37 bits per heavy atom. The first-order valence-corrected chi connectivity index (χ1v) is 6.58. The summed E-state index contributed by atoms with van der Waals surface area (Å²) in [6.45, 7) is 2.67. The van der Waals surface area contributed by atoms with E-state index in [-0.39, 0.29) is 6.10 Å². The summed E-state index contributed by atoms with van der Waals surface area (Å²) in [6.07, 6.45) is 6.66. The summed E-state index contributed by atoms with van der Waals surface area (Å²) in [5.41, 5.74) is 1.16. The standard InChI is InChI=1S/C14H18N4O/c1-17-10-12-4-2-6-15-14(12)19-13(11-17)5-9-18-8-3-7-16-18/h2-4,6-8,13H,5,9-11H2,1H3. The Labute approximate surface area is 112 Å². The molecule has 0 fully saturated rings. The molecule has 1 unspecified atom stereocenters. The summed E-state index contributed by atoms with van der Waals surface area (Å²) in [4.78, 5) is 6.62. The number of aryl methyl sites for hydroxylation is 1. The quantitative estimate of drug-likeness (QED) is 0.838. The third-order valence-electron chi connectivity index (χ3n) is 3.32. The molecule has 1 aliphatic heterocycles. The minimum Gasteiger partial charge on any atom is -0.473 e. The lowest BCUT2D eigenvalue weighted by molar-refractivity contribution is 0.143. The van der Waals surface area contributed by atoms with Crippen LogP contribution in [0.15, 0.2) is 36.8 Å². The summed E-state index contributed by atoms with van der Waals surface area (Å²) >= 11 is 0. The zero-order valence-electron chi connectivity index (χ0n) is 11.1. The van der Waals surface area contributed by atoms with E-state index in [4.69, 9.17) is 4.74 Å². The molecule has 0 N–H and O–H groups in total. The second kappa shape index (κ2) is 5.40. The number of likely N-dealkylation sites (N-methyl/N-ethyl adjacent to an activating group) is 1. The van der Waals surface area contributed by atoms with Crippen LogP contribution in [0.4, 0.5) is 0 Å². The Morgan fingerprint density at radius 3 is 3.16 bits per heavy atom. The van der Waals surface area contributed by atoms with Crippen molar-refractivity contribution >= 4 is 0 Å². The van der Waals surface area contributed by atoms with Gasteiger partial charge in [-0.05, 0) is 19.2 Å². The van der Waals surface area contributed by atoms with Gasteiger partial charge in [-0.1, -0.05) is 6.07 Å². The highest BCUT2D eigenvalue weighted by molar-refractivity contribution is 5.26. The van der Waals surface area contributed by atoms with Crippen LogP contribution < -0.4 is 4.74 Å². The zero-order chi connectivity index (χ0) is 13.1. The lowest BCUT2D eigenvalue weighted by Crippen LogP contribution is -2.31. The summed E-state index contributed by atoms with van der Waals surface area (Å²) in [5, 5.41) is 4.22. The van der Waals surface area contributed by atoms with Gasteiger partial charge in [-0.2, -0.15) is 5.10 Å². The fourth-order valence-corrected chi connectivity index (χ4v) is 2.41. The first kappa shape index (κ1) is 12.2. The van der Waals surface area contributed by atoms with Crippen LogP contribution in [0.2, 0.25) is 0 Å². The summed E-state index contributed by atoms with van der Waals surface area (Å²) in [7, 11) is 2.12. The predicted octanol–water partition coefficient (Wildman–Crippen LogP) is 1.56. The molecule has 2 aromatic rings. The maximum Gasteiger partial charge on any atom is 0.218 e. The lowest BCUT2D eigenvalue weighted by Gasteiger charge is -2.19. The number of rotatable bonds is 3. The van der Waals surface area contributed by atoms with Crippen LogP contribution in [-0.2, 0) is 13.1 Å². The molecule has 0 aliphatic carbocycles. The van der Waals surface area contributed by atoms with E-state index in [1.165, 1.54) is 0 Å². The van der Waals surface area contributed by atoms with Crippen LogP contribution in [0.5, 0.6) is 5.88 Å². The van der Waals surface area contributed by atoms with Crippen LogP contribution in [0.3, 0.4) is 0 Å². The third-order valence-corrected chi connectivity index (χ3v) is 3.32. The second-order valence-corrected chi connectivity index (χ2v) is 4.96. The van der Waals surface area contributed by atoms with Gasteiger partial charge < -0.3 is 4.74 Å². The SMILES string of the molecule is CN1Cc2cccnc2OC(CCn2cccn2)C1. The average Bonchev–Trinajstić information content (AvgIpc) is 2.85. The zero-order valence-corrected chi connectivity index (χ0v) is 11.1. The van der Waals surface area contributed by atoms with Crippen LogP contribution in [0, 0.1) is 0 Å². The van der Waals surface area contributed by atoms with E-state index in [9.17, 15) is 0 Å². The van der Waals surface area contributed by atoms with Crippen molar-refractivity contribution in [3.05, 3.63) is 42.4 Å². The molecule has 0 saturated heterocycles. The fraction of sp³-hybridized carbons (Fsp3) is 0.429. The Bertz CT molecular complexity index is 526. The number of aromatic nitrogens is 3. The van der Waals surface area contributed by atoms with Gasteiger partial charge in [0, 0.05) is 50.2 Å². The van der Waals surface area contributed by atoms with E-state index in [0.29, 0.717) is 0 Å². The number of ether oxygens (including phenoxy) is 1. The van der Waals surface area contributed by atoms with E-state index in [0.717, 1.165) is 37.5 Å². The highest BCUT2D eigenvalue weighted by Gasteiger charge is 2.21. The van der Waals surface area contributed by atoms with E-state index in [1.807, 2.05) is 23.0 Å². The van der Waals surface area contributed by atoms with Gasteiger partial charge in [-0.3, -0.25) is 9.58 Å². The molecular formula is C14H18N4O. The molecular weight excluding hydrogens is 240 g/mol. The highest BCUT2D eigenvalue weighted by Crippen LogP contribution is 2.22. The molecule has 5 heteroatoms. The highest BCUT2D eigenvalue weighted by atomic mass is 16.5. The Balaban J connectivity index is 1.69. The molecule has 2 aromatic heterocycles. The topological polar surface area (TPSA) is 43.2 Å².